The van der Waals surface area contributed by atoms with Gasteiger partial charge in [0.1, 0.15) is 12.2 Å². The van der Waals surface area contributed by atoms with Gasteiger partial charge < -0.3 is 19.1 Å². The number of rotatable bonds is 23. The molecule has 0 saturated carbocycles. The number of ether oxygens (including phenoxy) is 3. The molecule has 0 rings (SSSR count). The summed E-state index contributed by atoms with van der Waals surface area (Å²) in [5.41, 5.74) is 0. The molecule has 0 aromatic rings. The van der Waals surface area contributed by atoms with Crippen LogP contribution in [0.5, 0.6) is 0 Å². The van der Waals surface area contributed by atoms with Gasteiger partial charge >= 0.3 is 17.9 Å². The Bertz CT molecular complexity index is 718. The minimum Gasteiger partial charge on any atom is -0.461 e. The number of carbonyl (C=O) groups is 4. The molecule has 0 saturated heterocycles. The topological polar surface area (TPSA) is 99.2 Å². The molecule has 8 nitrogen and oxygen atoms in total. The van der Waals surface area contributed by atoms with E-state index in [1.807, 2.05) is 20.8 Å². The van der Waals surface area contributed by atoms with Crippen LogP contribution in [0.2, 0.25) is 0 Å². The van der Waals surface area contributed by atoms with Gasteiger partial charge in [-0.25, -0.2) is 0 Å². The van der Waals surface area contributed by atoms with Crippen molar-refractivity contribution in [1.82, 2.24) is 4.90 Å². The molecule has 41 heavy (non-hydrogen) atoms. The number of unbranched alkanes of at least 4 members (excludes halogenated alkanes) is 3. The molecular weight excluding hydrogens is 522 g/mol. The minimum atomic E-state index is -1.01. The molecule has 1 amide bonds. The van der Waals surface area contributed by atoms with Gasteiger partial charge in [-0.2, -0.15) is 0 Å². The fourth-order valence-corrected chi connectivity index (χ4v) is 4.93. The second-order valence-electron chi connectivity index (χ2n) is 11.6. The Hall–Kier alpha value is -2.12. The monoisotopic (exact) mass is 583 g/mol. The van der Waals surface area contributed by atoms with Crippen molar-refractivity contribution in [2.75, 3.05) is 13.1 Å². The smallest absolute Gasteiger partial charge is 0.309 e. The first kappa shape index (κ1) is 38.9. The number of nitrogens with zero attached hydrogens (tertiary/aromatic N) is 1. The van der Waals surface area contributed by atoms with E-state index in [0.717, 1.165) is 57.8 Å². The van der Waals surface area contributed by atoms with Crippen LogP contribution in [0.3, 0.4) is 0 Å². The van der Waals surface area contributed by atoms with E-state index in [4.69, 9.17) is 14.2 Å². The summed E-state index contributed by atoms with van der Waals surface area (Å²) in [7, 11) is 0. The molecule has 0 aliphatic rings. The number of hydrogen-bond donors (Lipinski definition) is 0. The molecule has 0 radical (unpaired) electrons. The summed E-state index contributed by atoms with van der Waals surface area (Å²) in [6.07, 6.45) is 7.96. The SMILES string of the molecule is CCCC[C@H](CC)C(=O)O[C@H](C)CN(C[C@H](C)OC(=O)[C@H](CC)CCCC)C(=O)[C@H](C)OC(=O)[C@H](CC)CCCC. The van der Waals surface area contributed by atoms with E-state index >= 15 is 0 Å². The van der Waals surface area contributed by atoms with Gasteiger partial charge in [-0.3, -0.25) is 19.2 Å². The Morgan fingerprint density at radius 3 is 1.15 bits per heavy atom. The standard InChI is InChI=1S/C33H61NO7/c1-10-16-19-27(13-4)31(36)39-24(7)22-34(23-25(8)40-32(37)28(14-5)20-17-11-2)30(35)26(9)41-33(38)29(15-6)21-18-12-3/h24-29H,10-23H2,1-9H3/t24-,25+,26-,27+,28-,29+/m0/s1. The van der Waals surface area contributed by atoms with Gasteiger partial charge in [0.15, 0.2) is 6.10 Å². The fourth-order valence-electron chi connectivity index (χ4n) is 4.93. The van der Waals surface area contributed by atoms with Crippen LogP contribution in [0.25, 0.3) is 0 Å². The zero-order chi connectivity index (χ0) is 31.4. The first-order chi connectivity index (χ1) is 19.5. The van der Waals surface area contributed by atoms with E-state index in [2.05, 4.69) is 20.8 Å². The van der Waals surface area contributed by atoms with Gasteiger partial charge in [-0.1, -0.05) is 80.1 Å². The predicted octanol–water partition coefficient (Wildman–Crippen LogP) is 7.26. The lowest BCUT2D eigenvalue weighted by atomic mass is 9.99. The molecule has 0 fully saturated rings. The van der Waals surface area contributed by atoms with Crippen molar-refractivity contribution < 1.29 is 33.4 Å². The summed E-state index contributed by atoms with van der Waals surface area (Å²) in [5.74, 6) is -1.89. The first-order valence-corrected chi connectivity index (χ1v) is 16.4. The quantitative estimate of drug-likeness (QED) is 0.0922. The van der Waals surface area contributed by atoms with Crippen LogP contribution < -0.4 is 0 Å². The highest BCUT2D eigenvalue weighted by molar-refractivity contribution is 5.84. The van der Waals surface area contributed by atoms with E-state index in [1.54, 1.807) is 20.8 Å². The van der Waals surface area contributed by atoms with Crippen molar-refractivity contribution in [3.8, 4) is 0 Å². The van der Waals surface area contributed by atoms with Crippen LogP contribution in [0, 0.1) is 17.8 Å². The Morgan fingerprint density at radius 1 is 0.537 bits per heavy atom. The molecule has 0 aliphatic heterocycles. The number of hydrogen-bond acceptors (Lipinski definition) is 7. The molecule has 0 N–H and O–H groups in total. The zero-order valence-corrected chi connectivity index (χ0v) is 27.7. The van der Waals surface area contributed by atoms with E-state index in [9.17, 15) is 19.2 Å². The van der Waals surface area contributed by atoms with Gasteiger partial charge in [0.25, 0.3) is 5.91 Å². The van der Waals surface area contributed by atoms with Crippen LogP contribution >= 0.6 is 0 Å². The largest absolute Gasteiger partial charge is 0.461 e. The molecule has 0 bridgehead atoms. The van der Waals surface area contributed by atoms with Crippen LogP contribution in [-0.4, -0.2) is 60.1 Å². The normalized spacial score (nSPS) is 15.6. The third kappa shape index (κ3) is 15.6. The summed E-state index contributed by atoms with van der Waals surface area (Å²) in [4.78, 5) is 53.5. The molecule has 6 atom stereocenters. The third-order valence-electron chi connectivity index (χ3n) is 7.74. The van der Waals surface area contributed by atoms with Crippen molar-refractivity contribution in [2.24, 2.45) is 17.8 Å². The Labute approximate surface area is 250 Å². The van der Waals surface area contributed by atoms with Crippen molar-refractivity contribution in [2.45, 2.75) is 158 Å². The van der Waals surface area contributed by atoms with Crippen molar-refractivity contribution >= 4 is 23.8 Å². The van der Waals surface area contributed by atoms with Gasteiger partial charge in [0.05, 0.1) is 30.8 Å². The number of carbonyl (C=O) groups excluding carboxylic acids is 4. The fraction of sp³-hybridized carbons (Fsp3) is 0.879. The zero-order valence-electron chi connectivity index (χ0n) is 27.7. The maximum Gasteiger partial charge on any atom is 0.309 e. The lowest BCUT2D eigenvalue weighted by molar-refractivity contribution is -0.166. The first-order valence-electron chi connectivity index (χ1n) is 16.4. The van der Waals surface area contributed by atoms with Crippen molar-refractivity contribution in [1.29, 1.82) is 0 Å². The molecule has 0 aromatic heterocycles. The van der Waals surface area contributed by atoms with E-state index in [-0.39, 0.29) is 48.8 Å². The highest BCUT2D eigenvalue weighted by Gasteiger charge is 2.31. The van der Waals surface area contributed by atoms with Crippen LogP contribution in [0.4, 0.5) is 0 Å². The molecule has 0 unspecified atom stereocenters. The third-order valence-corrected chi connectivity index (χ3v) is 7.74. The summed E-state index contributed by atoms with van der Waals surface area (Å²) in [5, 5.41) is 0. The van der Waals surface area contributed by atoms with Crippen LogP contribution in [0.1, 0.15) is 139 Å². The average molecular weight is 584 g/mol. The van der Waals surface area contributed by atoms with Crippen LogP contribution in [-0.2, 0) is 33.4 Å². The van der Waals surface area contributed by atoms with Gasteiger partial charge in [-0.05, 0) is 59.3 Å². The van der Waals surface area contributed by atoms with E-state index in [1.165, 1.54) is 4.90 Å². The summed E-state index contributed by atoms with van der Waals surface area (Å²) >= 11 is 0. The van der Waals surface area contributed by atoms with Gasteiger partial charge in [-0.15, -0.1) is 0 Å². The lowest BCUT2D eigenvalue weighted by Gasteiger charge is -2.31. The molecular formula is C33H61NO7. The molecule has 0 aromatic carbocycles. The van der Waals surface area contributed by atoms with Gasteiger partial charge in [0, 0.05) is 0 Å². The summed E-state index contributed by atoms with van der Waals surface area (Å²) in [6.45, 7) is 17.5. The lowest BCUT2D eigenvalue weighted by Crippen LogP contribution is -2.48. The van der Waals surface area contributed by atoms with Gasteiger partial charge in [0.2, 0.25) is 0 Å². The number of amides is 1. The maximum absolute atomic E-state index is 13.6. The Balaban J connectivity index is 5.63. The second-order valence-corrected chi connectivity index (χ2v) is 11.6. The number of esters is 3. The van der Waals surface area contributed by atoms with Crippen molar-refractivity contribution in [3.05, 3.63) is 0 Å². The molecule has 8 heteroatoms. The minimum absolute atomic E-state index is 0.110. The second kappa shape index (κ2) is 22.5. The summed E-state index contributed by atoms with van der Waals surface area (Å²) < 4.78 is 17.1. The van der Waals surface area contributed by atoms with E-state index in [0.29, 0.717) is 19.3 Å². The predicted molar refractivity (Wildman–Crippen MR) is 163 cm³/mol. The molecule has 0 spiro atoms. The highest BCUT2D eigenvalue weighted by Crippen LogP contribution is 2.19. The van der Waals surface area contributed by atoms with Crippen LogP contribution in [0.15, 0.2) is 0 Å². The Morgan fingerprint density at radius 2 is 0.854 bits per heavy atom. The molecule has 240 valence electrons. The average Bonchev–Trinajstić information content (AvgIpc) is 2.93. The van der Waals surface area contributed by atoms with E-state index < -0.39 is 24.2 Å². The highest BCUT2D eigenvalue weighted by atomic mass is 16.6. The summed E-state index contributed by atoms with van der Waals surface area (Å²) in [6, 6.07) is 0. The molecule has 0 aliphatic carbocycles. The molecule has 0 heterocycles. The van der Waals surface area contributed by atoms with Crippen molar-refractivity contribution in [3.63, 3.8) is 0 Å². The maximum atomic E-state index is 13.6. The Kier molecular flexibility index (Phi) is 21.3.